The maximum Gasteiger partial charge on any atom is 0.291 e. The summed E-state index contributed by atoms with van der Waals surface area (Å²) in [6, 6.07) is 14.4. The van der Waals surface area contributed by atoms with Crippen LogP contribution < -0.4 is 15.8 Å². The van der Waals surface area contributed by atoms with Crippen LogP contribution in [0.5, 0.6) is 0 Å². The molecule has 2 amide bonds. The Labute approximate surface area is 174 Å². The number of rotatable bonds is 7. The van der Waals surface area contributed by atoms with Gasteiger partial charge < -0.3 is 15.1 Å². The van der Waals surface area contributed by atoms with Gasteiger partial charge in [-0.25, -0.2) is 13.6 Å². The van der Waals surface area contributed by atoms with Crippen molar-refractivity contribution >= 4 is 27.5 Å². The monoisotopic (exact) mass is 427 g/mol. The van der Waals surface area contributed by atoms with E-state index in [4.69, 9.17) is 9.56 Å². The largest absolute Gasteiger partial charge is 0.459 e. The SMILES string of the molecule is Cc1ccc(C(=O)NCCc2ccc(S(N)(=O)=O)cc2)cc1NC(=O)c1ccco1. The number of furan rings is 1. The minimum absolute atomic E-state index is 0.0408. The molecule has 0 aliphatic heterocycles. The molecule has 0 fully saturated rings. The first-order chi connectivity index (χ1) is 14.2. The Morgan fingerprint density at radius 3 is 2.40 bits per heavy atom. The molecule has 8 nitrogen and oxygen atoms in total. The number of aryl methyl sites for hydroxylation is 1. The Hall–Kier alpha value is -3.43. The minimum Gasteiger partial charge on any atom is -0.459 e. The molecule has 0 atom stereocenters. The maximum atomic E-state index is 12.5. The van der Waals surface area contributed by atoms with Gasteiger partial charge in [-0.05, 0) is 60.9 Å². The standard InChI is InChI=1S/C21H21N3O5S/c1-14-4-7-16(13-18(14)24-21(26)19-3-2-12-29-19)20(25)23-11-10-15-5-8-17(9-6-15)30(22,27)28/h2-9,12-13H,10-11H2,1H3,(H,23,25)(H,24,26)(H2,22,27,28). The lowest BCUT2D eigenvalue weighted by molar-refractivity contribution is 0.0952. The molecule has 30 heavy (non-hydrogen) atoms. The zero-order valence-electron chi connectivity index (χ0n) is 16.2. The van der Waals surface area contributed by atoms with Crippen LogP contribution in [0.25, 0.3) is 0 Å². The van der Waals surface area contributed by atoms with Crippen LogP contribution in [-0.2, 0) is 16.4 Å². The number of sulfonamides is 1. The van der Waals surface area contributed by atoms with E-state index in [0.717, 1.165) is 11.1 Å². The van der Waals surface area contributed by atoms with Crippen molar-refractivity contribution in [2.75, 3.05) is 11.9 Å². The topological polar surface area (TPSA) is 132 Å². The Kier molecular flexibility index (Phi) is 6.34. The summed E-state index contributed by atoms with van der Waals surface area (Å²) in [7, 11) is -3.73. The lowest BCUT2D eigenvalue weighted by Crippen LogP contribution is -2.26. The molecule has 1 aromatic heterocycles. The van der Waals surface area contributed by atoms with Crippen LogP contribution >= 0.6 is 0 Å². The summed E-state index contributed by atoms with van der Waals surface area (Å²) in [6.45, 7) is 2.18. The highest BCUT2D eigenvalue weighted by atomic mass is 32.2. The van der Waals surface area contributed by atoms with Gasteiger partial charge in [-0.2, -0.15) is 0 Å². The average molecular weight is 427 g/mol. The van der Waals surface area contributed by atoms with E-state index in [1.165, 1.54) is 18.4 Å². The van der Waals surface area contributed by atoms with E-state index >= 15 is 0 Å². The Balaban J connectivity index is 1.59. The van der Waals surface area contributed by atoms with Gasteiger partial charge in [-0.15, -0.1) is 0 Å². The van der Waals surface area contributed by atoms with Crippen LogP contribution in [0.15, 0.2) is 70.2 Å². The molecular weight excluding hydrogens is 406 g/mol. The Bertz CT molecular complexity index is 1150. The number of nitrogens with one attached hydrogen (secondary N) is 2. The fourth-order valence-corrected chi connectivity index (χ4v) is 3.27. The molecule has 0 unspecified atom stereocenters. The summed E-state index contributed by atoms with van der Waals surface area (Å²) < 4.78 is 27.6. The number of carbonyl (C=O) groups is 2. The van der Waals surface area contributed by atoms with Gasteiger partial charge in [0.2, 0.25) is 10.0 Å². The van der Waals surface area contributed by atoms with Gasteiger partial charge in [0.25, 0.3) is 11.8 Å². The van der Waals surface area contributed by atoms with E-state index in [9.17, 15) is 18.0 Å². The summed E-state index contributed by atoms with van der Waals surface area (Å²) in [4.78, 5) is 24.7. The summed E-state index contributed by atoms with van der Waals surface area (Å²) >= 11 is 0. The molecule has 156 valence electrons. The van der Waals surface area contributed by atoms with Crippen molar-refractivity contribution in [1.29, 1.82) is 0 Å². The number of hydrogen-bond acceptors (Lipinski definition) is 5. The second-order valence-corrected chi connectivity index (χ2v) is 8.22. The molecule has 0 aliphatic rings. The third-order valence-electron chi connectivity index (χ3n) is 4.44. The molecule has 3 aromatic rings. The van der Waals surface area contributed by atoms with Crippen molar-refractivity contribution in [3.8, 4) is 0 Å². The predicted octanol–water partition coefficient (Wildman–Crippen LogP) is 2.46. The van der Waals surface area contributed by atoms with Crippen LogP contribution in [0, 0.1) is 6.92 Å². The molecule has 0 bridgehead atoms. The van der Waals surface area contributed by atoms with E-state index in [2.05, 4.69) is 10.6 Å². The average Bonchev–Trinajstić information content (AvgIpc) is 3.24. The summed E-state index contributed by atoms with van der Waals surface area (Å²) in [5, 5.41) is 10.6. The number of carbonyl (C=O) groups excluding carboxylic acids is 2. The molecule has 0 spiro atoms. The van der Waals surface area contributed by atoms with Gasteiger partial charge in [-0.1, -0.05) is 18.2 Å². The predicted molar refractivity (Wildman–Crippen MR) is 112 cm³/mol. The van der Waals surface area contributed by atoms with E-state index < -0.39 is 15.9 Å². The lowest BCUT2D eigenvalue weighted by atomic mass is 10.1. The number of anilines is 1. The van der Waals surface area contributed by atoms with Gasteiger partial charge in [0, 0.05) is 17.8 Å². The van der Waals surface area contributed by atoms with Gasteiger partial charge >= 0.3 is 0 Å². The van der Waals surface area contributed by atoms with Gasteiger partial charge in [0.15, 0.2) is 5.76 Å². The van der Waals surface area contributed by atoms with Crippen LogP contribution in [0.1, 0.15) is 32.0 Å². The lowest BCUT2D eigenvalue weighted by Gasteiger charge is -2.10. The maximum absolute atomic E-state index is 12.5. The summed E-state index contributed by atoms with van der Waals surface area (Å²) in [6.07, 6.45) is 1.93. The van der Waals surface area contributed by atoms with Gasteiger partial charge in [0.05, 0.1) is 11.2 Å². The quantitative estimate of drug-likeness (QED) is 0.533. The zero-order chi connectivity index (χ0) is 21.7. The third-order valence-corrected chi connectivity index (χ3v) is 5.37. The molecule has 0 radical (unpaired) electrons. The number of primary sulfonamides is 1. The number of benzene rings is 2. The molecule has 0 aliphatic carbocycles. The molecular formula is C21H21N3O5S. The van der Waals surface area contributed by atoms with Crippen molar-refractivity contribution < 1.29 is 22.4 Å². The minimum atomic E-state index is -3.73. The molecule has 3 rings (SSSR count). The van der Waals surface area contributed by atoms with Crippen molar-refractivity contribution in [3.63, 3.8) is 0 Å². The number of nitrogens with two attached hydrogens (primary N) is 1. The normalized spacial score (nSPS) is 11.1. The van der Waals surface area contributed by atoms with E-state index in [-0.39, 0.29) is 16.6 Å². The van der Waals surface area contributed by atoms with Crippen LogP contribution in [0.3, 0.4) is 0 Å². The van der Waals surface area contributed by atoms with Crippen LogP contribution in [0.2, 0.25) is 0 Å². The van der Waals surface area contributed by atoms with Gasteiger partial charge in [-0.3, -0.25) is 9.59 Å². The number of hydrogen-bond donors (Lipinski definition) is 3. The number of amides is 2. The highest BCUT2D eigenvalue weighted by Gasteiger charge is 2.13. The van der Waals surface area contributed by atoms with Crippen molar-refractivity contribution in [2.45, 2.75) is 18.2 Å². The van der Waals surface area contributed by atoms with Crippen LogP contribution in [0.4, 0.5) is 5.69 Å². The molecule has 4 N–H and O–H groups in total. The van der Waals surface area contributed by atoms with Gasteiger partial charge in [0.1, 0.15) is 0 Å². The molecule has 9 heteroatoms. The third kappa shape index (κ3) is 5.34. The Morgan fingerprint density at radius 1 is 1.03 bits per heavy atom. The Morgan fingerprint density at radius 2 is 1.77 bits per heavy atom. The second kappa shape index (κ2) is 8.93. The fraction of sp³-hybridized carbons (Fsp3) is 0.143. The van der Waals surface area contributed by atoms with Crippen molar-refractivity contribution in [1.82, 2.24) is 5.32 Å². The zero-order valence-corrected chi connectivity index (χ0v) is 17.0. The fourth-order valence-electron chi connectivity index (χ4n) is 2.76. The first-order valence-corrected chi connectivity index (χ1v) is 10.6. The highest BCUT2D eigenvalue weighted by molar-refractivity contribution is 7.89. The van der Waals surface area contributed by atoms with Crippen molar-refractivity contribution in [2.24, 2.45) is 5.14 Å². The summed E-state index contributed by atoms with van der Waals surface area (Å²) in [5.41, 5.74) is 2.59. The van der Waals surface area contributed by atoms with Crippen LogP contribution in [-0.4, -0.2) is 26.8 Å². The molecule has 0 saturated heterocycles. The summed E-state index contributed by atoms with van der Waals surface area (Å²) in [5.74, 6) is -0.508. The van der Waals surface area contributed by atoms with E-state index in [0.29, 0.717) is 24.2 Å². The van der Waals surface area contributed by atoms with E-state index in [1.54, 1.807) is 42.5 Å². The molecule has 1 heterocycles. The molecule has 0 saturated carbocycles. The van der Waals surface area contributed by atoms with Crippen molar-refractivity contribution in [3.05, 3.63) is 83.3 Å². The smallest absolute Gasteiger partial charge is 0.291 e. The first-order valence-electron chi connectivity index (χ1n) is 9.09. The molecule has 2 aromatic carbocycles. The first kappa shape index (κ1) is 21.3. The second-order valence-electron chi connectivity index (χ2n) is 6.66. The van der Waals surface area contributed by atoms with E-state index in [1.807, 2.05) is 6.92 Å². The highest BCUT2D eigenvalue weighted by Crippen LogP contribution is 2.18.